The quantitative estimate of drug-likeness (QED) is 0.804. The Kier molecular flexibility index (Phi) is 4.94. The molecule has 2 N–H and O–H groups in total. The van der Waals surface area contributed by atoms with Crippen molar-refractivity contribution in [3.8, 4) is 5.75 Å². The Bertz CT molecular complexity index is 564. The van der Waals surface area contributed by atoms with Crippen molar-refractivity contribution in [2.45, 2.75) is 45.5 Å². The highest BCUT2D eigenvalue weighted by atomic mass is 19.4. The van der Waals surface area contributed by atoms with Crippen molar-refractivity contribution in [2.75, 3.05) is 0 Å². The first-order chi connectivity index (χ1) is 9.81. The molecule has 0 saturated heterocycles. The molecule has 8 heteroatoms. The first kappa shape index (κ1) is 18.1. The average Bonchev–Trinajstić information content (AvgIpc) is 2.27. The Morgan fingerprint density at radius 3 is 2.27 bits per heavy atom. The number of carbonyl (C=O) groups is 1. The SMILES string of the molecule is C[C@@H](NC(=O)OC(C)(C)C)c1cc(F)cc(C(F)(F)F)c1O. The van der Waals surface area contributed by atoms with Gasteiger partial charge in [-0.2, -0.15) is 13.2 Å². The lowest BCUT2D eigenvalue weighted by molar-refractivity contribution is -0.139. The summed E-state index contributed by atoms with van der Waals surface area (Å²) in [6.07, 6.45) is -5.80. The van der Waals surface area contributed by atoms with Crippen LogP contribution in [-0.2, 0) is 10.9 Å². The molecule has 0 saturated carbocycles. The van der Waals surface area contributed by atoms with Crippen molar-refractivity contribution in [3.05, 3.63) is 29.1 Å². The van der Waals surface area contributed by atoms with Gasteiger partial charge in [-0.05, 0) is 39.8 Å². The van der Waals surface area contributed by atoms with E-state index >= 15 is 0 Å². The summed E-state index contributed by atoms with van der Waals surface area (Å²) in [6, 6.07) is -0.155. The lowest BCUT2D eigenvalue weighted by Gasteiger charge is -2.23. The Labute approximate surface area is 125 Å². The molecule has 0 aliphatic rings. The molecule has 0 heterocycles. The summed E-state index contributed by atoms with van der Waals surface area (Å²) in [6.45, 7) is 6.13. The second-order valence-electron chi connectivity index (χ2n) is 5.76. The number of alkyl carbamates (subject to hydrolysis) is 1. The van der Waals surface area contributed by atoms with Crippen molar-refractivity contribution < 1.29 is 32.2 Å². The molecular formula is C14H17F4NO3. The van der Waals surface area contributed by atoms with E-state index in [1.165, 1.54) is 6.92 Å². The van der Waals surface area contributed by atoms with Crippen LogP contribution in [0.4, 0.5) is 22.4 Å². The second kappa shape index (κ2) is 6.02. The van der Waals surface area contributed by atoms with Gasteiger partial charge in [0.1, 0.15) is 22.7 Å². The van der Waals surface area contributed by atoms with Crippen LogP contribution in [0.25, 0.3) is 0 Å². The van der Waals surface area contributed by atoms with E-state index in [9.17, 15) is 27.5 Å². The van der Waals surface area contributed by atoms with E-state index in [-0.39, 0.29) is 6.07 Å². The number of benzene rings is 1. The van der Waals surface area contributed by atoms with Gasteiger partial charge in [0.2, 0.25) is 0 Å². The van der Waals surface area contributed by atoms with Crippen molar-refractivity contribution >= 4 is 6.09 Å². The van der Waals surface area contributed by atoms with E-state index in [4.69, 9.17) is 4.74 Å². The first-order valence-corrected chi connectivity index (χ1v) is 6.40. The summed E-state index contributed by atoms with van der Waals surface area (Å²) in [7, 11) is 0. The smallest absolute Gasteiger partial charge is 0.420 e. The fraction of sp³-hybridized carbons (Fsp3) is 0.500. The summed E-state index contributed by atoms with van der Waals surface area (Å²) >= 11 is 0. The molecule has 0 aromatic heterocycles. The van der Waals surface area contributed by atoms with Crippen molar-refractivity contribution in [1.82, 2.24) is 5.32 Å². The number of halogens is 4. The Morgan fingerprint density at radius 2 is 1.82 bits per heavy atom. The number of rotatable bonds is 2. The number of phenols is 1. The molecule has 0 radical (unpaired) electrons. The van der Waals surface area contributed by atoms with Crippen LogP contribution >= 0.6 is 0 Å². The molecule has 22 heavy (non-hydrogen) atoms. The van der Waals surface area contributed by atoms with Gasteiger partial charge in [0, 0.05) is 5.56 Å². The molecule has 0 unspecified atom stereocenters. The zero-order valence-corrected chi connectivity index (χ0v) is 12.5. The summed E-state index contributed by atoms with van der Waals surface area (Å²) in [5, 5.41) is 11.9. The number of amides is 1. The van der Waals surface area contributed by atoms with Gasteiger partial charge in [0.25, 0.3) is 0 Å². The topological polar surface area (TPSA) is 58.6 Å². The van der Waals surface area contributed by atoms with Crippen LogP contribution in [-0.4, -0.2) is 16.8 Å². The average molecular weight is 323 g/mol. The first-order valence-electron chi connectivity index (χ1n) is 6.40. The maximum Gasteiger partial charge on any atom is 0.420 e. The van der Waals surface area contributed by atoms with E-state index < -0.39 is 46.6 Å². The molecule has 0 aliphatic heterocycles. The van der Waals surface area contributed by atoms with Gasteiger partial charge < -0.3 is 15.2 Å². The zero-order valence-electron chi connectivity index (χ0n) is 12.5. The summed E-state index contributed by atoms with van der Waals surface area (Å²) in [5.74, 6) is -2.30. The highest BCUT2D eigenvalue weighted by Gasteiger charge is 2.36. The van der Waals surface area contributed by atoms with E-state index in [0.29, 0.717) is 0 Å². The minimum absolute atomic E-state index is 0.193. The van der Waals surface area contributed by atoms with Crippen LogP contribution in [0.15, 0.2) is 12.1 Å². The largest absolute Gasteiger partial charge is 0.507 e. The van der Waals surface area contributed by atoms with Gasteiger partial charge in [0.15, 0.2) is 0 Å². The molecule has 1 aromatic rings. The van der Waals surface area contributed by atoms with Crippen LogP contribution in [0.5, 0.6) is 5.75 Å². The van der Waals surface area contributed by atoms with Crippen LogP contribution in [0.2, 0.25) is 0 Å². The lowest BCUT2D eigenvalue weighted by Crippen LogP contribution is -2.34. The van der Waals surface area contributed by atoms with Crippen LogP contribution in [0, 0.1) is 5.82 Å². The number of nitrogens with one attached hydrogen (secondary N) is 1. The fourth-order valence-electron chi connectivity index (χ4n) is 1.73. The van der Waals surface area contributed by atoms with Gasteiger partial charge in [-0.25, -0.2) is 9.18 Å². The van der Waals surface area contributed by atoms with Crippen LogP contribution in [0.1, 0.15) is 44.9 Å². The molecule has 1 amide bonds. The van der Waals surface area contributed by atoms with Gasteiger partial charge >= 0.3 is 12.3 Å². The third kappa shape index (κ3) is 4.78. The van der Waals surface area contributed by atoms with Crippen molar-refractivity contribution in [2.24, 2.45) is 0 Å². The molecule has 0 aliphatic carbocycles. The number of phenolic OH excluding ortho intramolecular Hbond substituents is 1. The number of carbonyl (C=O) groups excluding carboxylic acids is 1. The van der Waals surface area contributed by atoms with Crippen LogP contribution in [0.3, 0.4) is 0 Å². The lowest BCUT2D eigenvalue weighted by atomic mass is 10.0. The highest BCUT2D eigenvalue weighted by Crippen LogP contribution is 2.40. The van der Waals surface area contributed by atoms with Crippen molar-refractivity contribution in [1.29, 1.82) is 0 Å². The zero-order chi connectivity index (χ0) is 17.3. The van der Waals surface area contributed by atoms with E-state index in [1.807, 2.05) is 0 Å². The Hall–Kier alpha value is -1.99. The summed E-state index contributed by atoms with van der Waals surface area (Å²) in [4.78, 5) is 11.6. The monoisotopic (exact) mass is 323 g/mol. The molecule has 1 aromatic carbocycles. The minimum Gasteiger partial charge on any atom is -0.507 e. The van der Waals surface area contributed by atoms with E-state index in [2.05, 4.69) is 5.32 Å². The molecule has 4 nitrogen and oxygen atoms in total. The van der Waals surface area contributed by atoms with E-state index in [0.717, 1.165) is 6.07 Å². The summed E-state index contributed by atoms with van der Waals surface area (Å²) in [5.41, 5.74) is -2.69. The normalized spacial score (nSPS) is 13.6. The predicted molar refractivity (Wildman–Crippen MR) is 70.9 cm³/mol. The predicted octanol–water partition coefficient (Wildman–Crippen LogP) is 4.14. The minimum atomic E-state index is -4.91. The number of aromatic hydroxyl groups is 1. The fourth-order valence-corrected chi connectivity index (χ4v) is 1.73. The molecule has 124 valence electrons. The standard InChI is InChI=1S/C14H17F4NO3/c1-7(19-12(21)22-13(2,3)4)9-5-8(15)6-10(11(9)20)14(16,17)18/h5-7,20H,1-4H3,(H,19,21)/t7-/m1/s1. The van der Waals surface area contributed by atoms with Gasteiger partial charge in [-0.1, -0.05) is 0 Å². The number of hydrogen-bond donors (Lipinski definition) is 2. The highest BCUT2D eigenvalue weighted by molar-refractivity contribution is 5.68. The number of alkyl halides is 3. The van der Waals surface area contributed by atoms with Gasteiger partial charge in [0.05, 0.1) is 6.04 Å². The molecular weight excluding hydrogens is 306 g/mol. The van der Waals surface area contributed by atoms with Gasteiger partial charge in [-0.3, -0.25) is 0 Å². The van der Waals surface area contributed by atoms with Gasteiger partial charge in [-0.15, -0.1) is 0 Å². The Morgan fingerprint density at radius 1 is 1.27 bits per heavy atom. The van der Waals surface area contributed by atoms with E-state index in [1.54, 1.807) is 20.8 Å². The number of ether oxygens (including phenoxy) is 1. The maximum atomic E-state index is 13.4. The van der Waals surface area contributed by atoms with Crippen LogP contribution < -0.4 is 5.32 Å². The molecule has 0 fully saturated rings. The summed E-state index contributed by atoms with van der Waals surface area (Å²) < 4.78 is 56.5. The third-order valence-electron chi connectivity index (χ3n) is 2.61. The molecule has 0 spiro atoms. The molecule has 1 rings (SSSR count). The maximum absolute atomic E-state index is 13.4. The Balaban J connectivity index is 3.06. The third-order valence-corrected chi connectivity index (χ3v) is 2.61. The number of hydrogen-bond acceptors (Lipinski definition) is 3. The second-order valence-corrected chi connectivity index (χ2v) is 5.76. The molecule has 1 atom stereocenters. The van der Waals surface area contributed by atoms with Crippen molar-refractivity contribution in [3.63, 3.8) is 0 Å². The molecule has 0 bridgehead atoms.